The number of nitrogens with one attached hydrogen (secondary N) is 2. The molecule has 8 heteroatoms. The highest BCUT2D eigenvalue weighted by atomic mass is 16.5. The van der Waals surface area contributed by atoms with Gasteiger partial charge in [-0.3, -0.25) is 9.78 Å². The van der Waals surface area contributed by atoms with Crippen LogP contribution < -0.4 is 10.4 Å². The van der Waals surface area contributed by atoms with Crippen molar-refractivity contribution in [1.82, 2.24) is 29.6 Å². The van der Waals surface area contributed by atoms with Gasteiger partial charge in [-0.25, -0.2) is 4.99 Å². The Hall–Kier alpha value is -3.13. The molecule has 5 rings (SSSR count). The Balaban J connectivity index is 1.53. The topological polar surface area (TPSA) is 87.1 Å². The van der Waals surface area contributed by atoms with Crippen molar-refractivity contribution in [3.8, 4) is 5.75 Å². The summed E-state index contributed by atoms with van der Waals surface area (Å²) in [5, 5.41) is 4.44. The van der Waals surface area contributed by atoms with E-state index in [4.69, 9.17) is 14.7 Å². The zero-order valence-corrected chi connectivity index (χ0v) is 16.7. The van der Waals surface area contributed by atoms with Crippen LogP contribution in [0.1, 0.15) is 18.4 Å². The van der Waals surface area contributed by atoms with E-state index in [-0.39, 0.29) is 6.04 Å². The summed E-state index contributed by atoms with van der Waals surface area (Å²) in [5.41, 5.74) is 4.41. The van der Waals surface area contributed by atoms with Crippen LogP contribution in [0.5, 0.6) is 5.75 Å². The fourth-order valence-electron chi connectivity index (χ4n) is 3.96. The average Bonchev–Trinajstić information content (AvgIpc) is 3.09. The third-order valence-corrected chi connectivity index (χ3v) is 5.63. The van der Waals surface area contributed by atoms with Crippen LogP contribution in [0.15, 0.2) is 41.5 Å². The van der Waals surface area contributed by atoms with Gasteiger partial charge in [-0.2, -0.15) is 9.97 Å². The number of piperidine rings is 1. The summed E-state index contributed by atoms with van der Waals surface area (Å²) in [4.78, 5) is 19.8. The van der Waals surface area contributed by atoms with Crippen LogP contribution in [0, 0.1) is 0 Å². The molecule has 29 heavy (non-hydrogen) atoms. The highest BCUT2D eigenvalue weighted by molar-refractivity contribution is 6.02. The molecule has 2 N–H and O–H groups in total. The van der Waals surface area contributed by atoms with Gasteiger partial charge in [0.1, 0.15) is 11.4 Å². The molecule has 1 aliphatic rings. The number of nitrogens with zero attached hydrogens (tertiary/aromatic N) is 5. The van der Waals surface area contributed by atoms with Gasteiger partial charge in [0.15, 0.2) is 5.65 Å². The fraction of sp³-hybridized carbons (Fsp3) is 0.381. The summed E-state index contributed by atoms with van der Waals surface area (Å²) in [6.07, 6.45) is 4.02. The predicted octanol–water partition coefficient (Wildman–Crippen LogP) is 2.29. The van der Waals surface area contributed by atoms with E-state index in [9.17, 15) is 0 Å². The van der Waals surface area contributed by atoms with Gasteiger partial charge in [-0.15, -0.1) is 0 Å². The van der Waals surface area contributed by atoms with Gasteiger partial charge < -0.3 is 14.6 Å². The van der Waals surface area contributed by atoms with E-state index in [1.165, 1.54) is 5.56 Å². The van der Waals surface area contributed by atoms with Crippen molar-refractivity contribution in [1.29, 1.82) is 0 Å². The number of hydrogen-bond donors (Lipinski definition) is 2. The molecule has 8 nitrogen and oxygen atoms in total. The normalized spacial score (nSPS) is 16.8. The molecule has 1 aromatic carbocycles. The first-order valence-corrected chi connectivity index (χ1v) is 9.98. The van der Waals surface area contributed by atoms with Crippen LogP contribution >= 0.6 is 0 Å². The number of methoxy groups -OCH3 is 1. The summed E-state index contributed by atoms with van der Waals surface area (Å²) in [7, 11) is 3.83. The molecule has 1 fully saturated rings. The molecule has 150 valence electrons. The van der Waals surface area contributed by atoms with Crippen LogP contribution in [0.2, 0.25) is 0 Å². The number of aromatic nitrogens is 5. The van der Waals surface area contributed by atoms with E-state index in [0.29, 0.717) is 12.2 Å². The maximum absolute atomic E-state index is 5.25. The molecular weight excluding hydrogens is 366 g/mol. The molecule has 4 aromatic rings. The van der Waals surface area contributed by atoms with Crippen molar-refractivity contribution >= 4 is 22.2 Å². The number of pyridine rings is 1. The minimum Gasteiger partial charge on any atom is -0.497 e. The maximum Gasteiger partial charge on any atom is 0.249 e. The van der Waals surface area contributed by atoms with Crippen molar-refractivity contribution in [3.63, 3.8) is 0 Å². The van der Waals surface area contributed by atoms with Crippen LogP contribution in [0.3, 0.4) is 0 Å². The monoisotopic (exact) mass is 391 g/mol. The Morgan fingerprint density at radius 1 is 1.10 bits per heavy atom. The molecule has 0 radical (unpaired) electrons. The SMILES string of the molecule is COc1ccc(Cn2[nH]c3nc(=NC4CCN(C)CC4)nc4[nH]ccc2c43)cc1. The number of benzene rings is 1. The van der Waals surface area contributed by atoms with Crippen LogP contribution in [-0.4, -0.2) is 62.9 Å². The summed E-state index contributed by atoms with van der Waals surface area (Å²) >= 11 is 0. The number of ether oxygens (including phenoxy) is 1. The third kappa shape index (κ3) is 3.51. The van der Waals surface area contributed by atoms with Gasteiger partial charge in [-0.1, -0.05) is 12.1 Å². The maximum atomic E-state index is 5.25. The summed E-state index contributed by atoms with van der Waals surface area (Å²) < 4.78 is 7.35. The Bertz CT molecular complexity index is 1190. The fourth-order valence-corrected chi connectivity index (χ4v) is 3.96. The van der Waals surface area contributed by atoms with Crippen molar-refractivity contribution in [2.75, 3.05) is 27.2 Å². The molecule has 0 unspecified atom stereocenters. The molecule has 4 heterocycles. The second-order valence-corrected chi connectivity index (χ2v) is 7.67. The summed E-state index contributed by atoms with van der Waals surface area (Å²) in [6, 6.07) is 10.4. The van der Waals surface area contributed by atoms with Gasteiger partial charge in [-0.05, 0) is 56.7 Å². The minimum absolute atomic E-state index is 0.288. The number of H-pyrrole nitrogens is 2. The molecule has 1 saturated heterocycles. The lowest BCUT2D eigenvalue weighted by Crippen LogP contribution is -2.33. The minimum atomic E-state index is 0.288. The average molecular weight is 391 g/mol. The van der Waals surface area contributed by atoms with E-state index in [0.717, 1.165) is 53.9 Å². The first-order valence-electron chi connectivity index (χ1n) is 9.98. The Kier molecular flexibility index (Phi) is 4.55. The molecule has 0 amide bonds. The van der Waals surface area contributed by atoms with E-state index in [2.05, 4.69) is 43.8 Å². The largest absolute Gasteiger partial charge is 0.497 e. The van der Waals surface area contributed by atoms with Gasteiger partial charge in [0.05, 0.1) is 30.6 Å². The lowest BCUT2D eigenvalue weighted by atomic mass is 10.1. The first-order chi connectivity index (χ1) is 14.2. The highest BCUT2D eigenvalue weighted by Gasteiger charge is 2.17. The van der Waals surface area contributed by atoms with E-state index >= 15 is 0 Å². The van der Waals surface area contributed by atoms with Crippen LogP contribution in [0.25, 0.3) is 22.2 Å². The van der Waals surface area contributed by atoms with Crippen molar-refractivity contribution in [2.45, 2.75) is 25.4 Å². The predicted molar refractivity (Wildman–Crippen MR) is 112 cm³/mol. The smallest absolute Gasteiger partial charge is 0.249 e. The second kappa shape index (κ2) is 7.36. The lowest BCUT2D eigenvalue weighted by molar-refractivity contribution is 0.254. The molecule has 0 atom stereocenters. The van der Waals surface area contributed by atoms with Crippen molar-refractivity contribution in [2.24, 2.45) is 4.99 Å². The molecular formula is C21H25N7O. The number of hydrogen-bond acceptors (Lipinski definition) is 5. The third-order valence-electron chi connectivity index (χ3n) is 5.63. The second-order valence-electron chi connectivity index (χ2n) is 7.67. The standard InChI is InChI=1S/C21H25N7O/c1-27-11-8-15(9-12-27)23-21-24-19-18-17(7-10-22-19)28(26-20(18)25-21)13-14-3-5-16(29-2)6-4-14/h3-7,10,15H,8-9,11-13H2,1-2H3,(H2,22,23,24,25,26). The van der Waals surface area contributed by atoms with Crippen molar-refractivity contribution in [3.05, 3.63) is 47.7 Å². The van der Waals surface area contributed by atoms with E-state index in [1.807, 2.05) is 24.4 Å². The highest BCUT2D eigenvalue weighted by Crippen LogP contribution is 2.22. The zero-order chi connectivity index (χ0) is 19.8. The lowest BCUT2D eigenvalue weighted by Gasteiger charge is -2.25. The molecule has 1 aliphatic heterocycles. The quantitative estimate of drug-likeness (QED) is 0.559. The number of likely N-dealkylation sites (tertiary alicyclic amines) is 1. The van der Waals surface area contributed by atoms with Crippen LogP contribution in [0.4, 0.5) is 0 Å². The molecule has 0 saturated carbocycles. The zero-order valence-electron chi connectivity index (χ0n) is 16.7. The molecule has 0 spiro atoms. The Labute approximate surface area is 168 Å². The van der Waals surface area contributed by atoms with Gasteiger partial charge in [0, 0.05) is 6.20 Å². The van der Waals surface area contributed by atoms with E-state index in [1.54, 1.807) is 7.11 Å². The Morgan fingerprint density at radius 3 is 2.62 bits per heavy atom. The van der Waals surface area contributed by atoms with E-state index < -0.39 is 0 Å². The molecule has 3 aromatic heterocycles. The van der Waals surface area contributed by atoms with Gasteiger partial charge >= 0.3 is 0 Å². The van der Waals surface area contributed by atoms with Gasteiger partial charge in [0.2, 0.25) is 5.62 Å². The Morgan fingerprint density at radius 2 is 1.86 bits per heavy atom. The molecule has 0 aliphatic carbocycles. The van der Waals surface area contributed by atoms with Crippen LogP contribution in [-0.2, 0) is 6.54 Å². The number of rotatable bonds is 4. The molecule has 0 bridgehead atoms. The summed E-state index contributed by atoms with van der Waals surface area (Å²) in [5.74, 6) is 0.856. The first kappa shape index (κ1) is 17.9. The summed E-state index contributed by atoms with van der Waals surface area (Å²) in [6.45, 7) is 2.85. The van der Waals surface area contributed by atoms with Gasteiger partial charge in [0.25, 0.3) is 0 Å². The van der Waals surface area contributed by atoms with Crippen molar-refractivity contribution < 1.29 is 4.74 Å². The number of aromatic amines is 2.